The Balaban J connectivity index is 1.72. The van der Waals surface area contributed by atoms with E-state index >= 15 is 0 Å². The topological polar surface area (TPSA) is 56.7 Å². The molecule has 6 heteroatoms. The number of nitrogens with zero attached hydrogens (tertiary/aromatic N) is 3. The van der Waals surface area contributed by atoms with Crippen LogP contribution in [0, 0.1) is 5.92 Å². The van der Waals surface area contributed by atoms with Gasteiger partial charge in [-0.15, -0.1) is 0 Å². The van der Waals surface area contributed by atoms with E-state index in [1.165, 1.54) is 4.90 Å². The maximum atomic E-state index is 11.0. The molecule has 2 atom stereocenters. The lowest BCUT2D eigenvalue weighted by Gasteiger charge is -2.52. The molecule has 1 N–H and O–H groups in total. The van der Waals surface area contributed by atoms with Gasteiger partial charge in [0.15, 0.2) is 0 Å². The summed E-state index contributed by atoms with van der Waals surface area (Å²) in [6, 6.07) is 3.82. The van der Waals surface area contributed by atoms with E-state index in [1.54, 1.807) is 12.3 Å². The van der Waals surface area contributed by atoms with Crippen molar-refractivity contribution in [3.8, 4) is 0 Å². The monoisotopic (exact) mass is 267 g/mol. The summed E-state index contributed by atoms with van der Waals surface area (Å²) in [6.07, 6.45) is 1.97. The van der Waals surface area contributed by atoms with Crippen LogP contribution in [0.4, 0.5) is 10.5 Å². The lowest BCUT2D eigenvalue weighted by Crippen LogP contribution is -2.65. The molecule has 3 rings (SSSR count). The quantitative estimate of drug-likeness (QED) is 0.790. The van der Waals surface area contributed by atoms with Crippen molar-refractivity contribution in [2.45, 2.75) is 12.5 Å². The number of fused-ring (bicyclic) bond motifs is 1. The molecular weight excluding hydrogens is 254 g/mol. The number of piperidine rings is 1. The minimum atomic E-state index is -0.813. The average Bonchev–Trinajstić information content (AvgIpc) is 2.31. The number of pyridine rings is 1. The van der Waals surface area contributed by atoms with Crippen molar-refractivity contribution in [1.29, 1.82) is 0 Å². The Hall–Kier alpha value is -1.49. The molecule has 0 aromatic carbocycles. The second-order valence-electron chi connectivity index (χ2n) is 4.84. The first-order chi connectivity index (χ1) is 8.65. The van der Waals surface area contributed by atoms with Crippen molar-refractivity contribution < 1.29 is 9.90 Å². The van der Waals surface area contributed by atoms with E-state index in [0.717, 1.165) is 25.2 Å². The molecule has 1 amide bonds. The molecule has 0 spiro atoms. The number of anilines is 1. The number of aromatic nitrogens is 1. The van der Waals surface area contributed by atoms with Crippen LogP contribution in [-0.4, -0.2) is 46.8 Å². The van der Waals surface area contributed by atoms with Crippen LogP contribution in [0.25, 0.3) is 0 Å². The number of amides is 1. The number of carboxylic acid groups (broad SMARTS) is 1. The molecule has 1 aromatic heterocycles. The molecule has 5 nitrogen and oxygen atoms in total. The molecule has 1 aromatic rings. The maximum absolute atomic E-state index is 11.0. The second kappa shape index (κ2) is 4.31. The third kappa shape index (κ3) is 1.88. The highest BCUT2D eigenvalue weighted by atomic mass is 35.5. The molecule has 2 saturated heterocycles. The summed E-state index contributed by atoms with van der Waals surface area (Å²) >= 11 is 5.76. The fourth-order valence-electron chi connectivity index (χ4n) is 2.81. The first-order valence-electron chi connectivity index (χ1n) is 6.01. The predicted molar refractivity (Wildman–Crippen MR) is 68.1 cm³/mol. The zero-order valence-electron chi connectivity index (χ0n) is 9.79. The van der Waals surface area contributed by atoms with Crippen LogP contribution in [0.5, 0.6) is 0 Å². The third-order valence-electron chi connectivity index (χ3n) is 3.88. The van der Waals surface area contributed by atoms with Crippen LogP contribution in [0.15, 0.2) is 18.3 Å². The first kappa shape index (κ1) is 11.6. The van der Waals surface area contributed by atoms with Gasteiger partial charge in [0.1, 0.15) is 5.15 Å². The van der Waals surface area contributed by atoms with Crippen molar-refractivity contribution in [1.82, 2.24) is 9.88 Å². The lowest BCUT2D eigenvalue weighted by atomic mass is 9.82. The van der Waals surface area contributed by atoms with E-state index in [1.807, 2.05) is 6.07 Å². The Kier molecular flexibility index (Phi) is 2.78. The van der Waals surface area contributed by atoms with Gasteiger partial charge in [-0.05, 0) is 18.6 Å². The number of hydrogen-bond donors (Lipinski definition) is 1. The molecule has 0 unspecified atom stereocenters. The molecule has 96 valence electrons. The van der Waals surface area contributed by atoms with Crippen molar-refractivity contribution in [2.24, 2.45) is 5.92 Å². The summed E-state index contributed by atoms with van der Waals surface area (Å²) in [5.74, 6) is 0.526. The van der Waals surface area contributed by atoms with Gasteiger partial charge in [0, 0.05) is 25.6 Å². The highest BCUT2D eigenvalue weighted by molar-refractivity contribution is 6.29. The van der Waals surface area contributed by atoms with E-state index in [9.17, 15) is 4.79 Å². The SMILES string of the molecule is O=C(O)N1C[C@@H]2CCN(c3ccc(Cl)nc3)C[C@@H]21. The van der Waals surface area contributed by atoms with Gasteiger partial charge >= 0.3 is 6.09 Å². The molecule has 0 aliphatic carbocycles. The van der Waals surface area contributed by atoms with Crippen molar-refractivity contribution in [3.05, 3.63) is 23.5 Å². The molecule has 18 heavy (non-hydrogen) atoms. The molecule has 2 fully saturated rings. The van der Waals surface area contributed by atoms with Gasteiger partial charge < -0.3 is 14.9 Å². The zero-order valence-corrected chi connectivity index (χ0v) is 10.5. The summed E-state index contributed by atoms with van der Waals surface area (Å²) in [6.45, 7) is 2.39. The average molecular weight is 268 g/mol. The normalized spacial score (nSPS) is 26.5. The zero-order chi connectivity index (χ0) is 12.7. The fraction of sp³-hybridized carbons (Fsp3) is 0.500. The number of rotatable bonds is 1. The molecule has 0 radical (unpaired) electrons. The number of carbonyl (C=O) groups is 1. The lowest BCUT2D eigenvalue weighted by molar-refractivity contribution is 0.0136. The van der Waals surface area contributed by atoms with Crippen molar-refractivity contribution >= 4 is 23.4 Å². The number of halogens is 1. The fourth-order valence-corrected chi connectivity index (χ4v) is 2.92. The van der Waals surface area contributed by atoms with Crippen molar-refractivity contribution in [2.75, 3.05) is 24.5 Å². The Morgan fingerprint density at radius 2 is 2.28 bits per heavy atom. The maximum Gasteiger partial charge on any atom is 0.407 e. The highest BCUT2D eigenvalue weighted by Crippen LogP contribution is 2.34. The van der Waals surface area contributed by atoms with Crippen LogP contribution < -0.4 is 4.90 Å². The molecule has 0 saturated carbocycles. The molecule has 0 bridgehead atoms. The minimum absolute atomic E-state index is 0.131. The van der Waals surface area contributed by atoms with Gasteiger partial charge in [-0.1, -0.05) is 11.6 Å². The third-order valence-corrected chi connectivity index (χ3v) is 4.10. The van der Waals surface area contributed by atoms with E-state index in [4.69, 9.17) is 16.7 Å². The van der Waals surface area contributed by atoms with E-state index in [2.05, 4.69) is 9.88 Å². The summed E-state index contributed by atoms with van der Waals surface area (Å²) in [7, 11) is 0. The highest BCUT2D eigenvalue weighted by Gasteiger charge is 2.45. The second-order valence-corrected chi connectivity index (χ2v) is 5.22. The van der Waals surface area contributed by atoms with Crippen LogP contribution in [0.2, 0.25) is 5.15 Å². The molecule has 3 heterocycles. The smallest absolute Gasteiger partial charge is 0.407 e. The van der Waals surface area contributed by atoms with E-state index < -0.39 is 6.09 Å². The van der Waals surface area contributed by atoms with Gasteiger partial charge in [0.05, 0.1) is 17.9 Å². The van der Waals surface area contributed by atoms with Crippen molar-refractivity contribution in [3.63, 3.8) is 0 Å². The summed E-state index contributed by atoms with van der Waals surface area (Å²) < 4.78 is 0. The standard InChI is InChI=1S/C12H14ClN3O2/c13-11-2-1-9(5-14-11)15-4-3-8-6-16(12(17)18)10(8)7-15/h1-2,5,8,10H,3-4,6-7H2,(H,17,18)/t8-,10-/m0/s1. The van der Waals surface area contributed by atoms with Crippen LogP contribution in [0.1, 0.15) is 6.42 Å². The predicted octanol–water partition coefficient (Wildman–Crippen LogP) is 1.92. The van der Waals surface area contributed by atoms with Crippen LogP contribution in [-0.2, 0) is 0 Å². The minimum Gasteiger partial charge on any atom is -0.465 e. The molecule has 2 aliphatic heterocycles. The van der Waals surface area contributed by atoms with Crippen LogP contribution in [0.3, 0.4) is 0 Å². The summed E-state index contributed by atoms with van der Waals surface area (Å²) in [5.41, 5.74) is 1.01. The molecular formula is C12H14ClN3O2. The first-order valence-corrected chi connectivity index (χ1v) is 6.39. The Bertz CT molecular complexity index is 465. The largest absolute Gasteiger partial charge is 0.465 e. The van der Waals surface area contributed by atoms with E-state index in [-0.39, 0.29) is 6.04 Å². The molecule has 2 aliphatic rings. The van der Waals surface area contributed by atoms with Gasteiger partial charge in [0.25, 0.3) is 0 Å². The Morgan fingerprint density at radius 3 is 2.94 bits per heavy atom. The van der Waals surface area contributed by atoms with Gasteiger partial charge in [0.2, 0.25) is 0 Å². The summed E-state index contributed by atoms with van der Waals surface area (Å²) in [4.78, 5) is 18.8. The van der Waals surface area contributed by atoms with Crippen LogP contribution >= 0.6 is 11.6 Å². The van der Waals surface area contributed by atoms with E-state index in [0.29, 0.717) is 17.6 Å². The Labute approximate surface area is 110 Å². The Morgan fingerprint density at radius 1 is 1.44 bits per heavy atom. The van der Waals surface area contributed by atoms with Gasteiger partial charge in [-0.25, -0.2) is 9.78 Å². The number of likely N-dealkylation sites (tertiary alicyclic amines) is 1. The van der Waals surface area contributed by atoms with Gasteiger partial charge in [-0.2, -0.15) is 0 Å². The summed E-state index contributed by atoms with van der Waals surface area (Å²) in [5, 5.41) is 9.52. The number of hydrogen-bond acceptors (Lipinski definition) is 3. The van der Waals surface area contributed by atoms with Gasteiger partial charge in [-0.3, -0.25) is 0 Å².